The van der Waals surface area contributed by atoms with E-state index >= 15 is 0 Å². The van der Waals surface area contributed by atoms with Crippen molar-refractivity contribution in [2.24, 2.45) is 0 Å². The smallest absolute Gasteiger partial charge is 0.241 e. The first-order valence-corrected chi connectivity index (χ1v) is 9.04. The average molecular weight is 358 g/mol. The number of methoxy groups -OCH3 is 2. The number of nitrogens with one attached hydrogen (secondary N) is 2. The molecule has 0 bridgehead atoms. The maximum absolute atomic E-state index is 12.3. The SMILES string of the molecule is COc1ccc(S(=O)(=O)NCC(=O)NC[C@@H]2CCCO2)cc1OC. The molecule has 1 atom stereocenters. The van der Waals surface area contributed by atoms with Crippen molar-refractivity contribution < 1.29 is 27.4 Å². The van der Waals surface area contributed by atoms with E-state index in [1.165, 1.54) is 32.4 Å². The van der Waals surface area contributed by atoms with Gasteiger partial charge in [0.05, 0.1) is 31.8 Å². The Morgan fingerprint density at radius 2 is 2.04 bits per heavy atom. The third-order valence-corrected chi connectivity index (χ3v) is 5.04. The van der Waals surface area contributed by atoms with Crippen LogP contribution in [0.1, 0.15) is 12.8 Å². The first-order valence-electron chi connectivity index (χ1n) is 7.56. The molecule has 1 aromatic rings. The first kappa shape index (κ1) is 18.5. The molecule has 1 aliphatic heterocycles. The number of amides is 1. The Balaban J connectivity index is 1.91. The van der Waals surface area contributed by atoms with Gasteiger partial charge in [0.1, 0.15) is 0 Å². The van der Waals surface area contributed by atoms with Gasteiger partial charge in [0, 0.05) is 19.2 Å². The molecule has 1 saturated heterocycles. The molecule has 0 aromatic heterocycles. The number of hydrogen-bond donors (Lipinski definition) is 2. The van der Waals surface area contributed by atoms with E-state index in [-0.39, 0.29) is 17.5 Å². The normalized spacial score (nSPS) is 17.5. The molecule has 8 nitrogen and oxygen atoms in total. The lowest BCUT2D eigenvalue weighted by atomic mass is 10.2. The third-order valence-electron chi connectivity index (χ3n) is 3.64. The minimum absolute atomic E-state index is 0.00734. The summed E-state index contributed by atoms with van der Waals surface area (Å²) in [7, 11) is -0.950. The van der Waals surface area contributed by atoms with Gasteiger partial charge >= 0.3 is 0 Å². The highest BCUT2D eigenvalue weighted by Crippen LogP contribution is 2.29. The summed E-state index contributed by atoms with van der Waals surface area (Å²) < 4.78 is 42.3. The number of hydrogen-bond acceptors (Lipinski definition) is 6. The Morgan fingerprint density at radius 3 is 2.67 bits per heavy atom. The van der Waals surface area contributed by atoms with Crippen molar-refractivity contribution in [3.05, 3.63) is 18.2 Å². The van der Waals surface area contributed by atoms with Crippen molar-refractivity contribution in [3.63, 3.8) is 0 Å². The van der Waals surface area contributed by atoms with Crippen LogP contribution in [0.3, 0.4) is 0 Å². The summed E-state index contributed by atoms with van der Waals surface area (Å²) in [6.45, 7) is 0.743. The monoisotopic (exact) mass is 358 g/mol. The van der Waals surface area contributed by atoms with Crippen molar-refractivity contribution in [3.8, 4) is 11.5 Å². The van der Waals surface area contributed by atoms with Crippen LogP contribution in [0.25, 0.3) is 0 Å². The largest absolute Gasteiger partial charge is 0.493 e. The fourth-order valence-electron chi connectivity index (χ4n) is 2.32. The lowest BCUT2D eigenvalue weighted by Crippen LogP contribution is -2.39. The maximum Gasteiger partial charge on any atom is 0.241 e. The second-order valence-electron chi connectivity index (χ2n) is 5.28. The van der Waals surface area contributed by atoms with Crippen LogP contribution in [-0.2, 0) is 19.6 Å². The molecule has 1 heterocycles. The molecule has 0 saturated carbocycles. The van der Waals surface area contributed by atoms with Gasteiger partial charge in [-0.1, -0.05) is 0 Å². The molecule has 24 heavy (non-hydrogen) atoms. The van der Waals surface area contributed by atoms with Gasteiger partial charge < -0.3 is 19.5 Å². The number of ether oxygens (including phenoxy) is 3. The molecule has 134 valence electrons. The fourth-order valence-corrected chi connectivity index (χ4v) is 3.32. The summed E-state index contributed by atoms with van der Waals surface area (Å²) in [5, 5.41) is 2.65. The Labute approximate surface area is 141 Å². The van der Waals surface area contributed by atoms with Crippen LogP contribution in [0.5, 0.6) is 11.5 Å². The zero-order chi connectivity index (χ0) is 17.6. The number of sulfonamides is 1. The summed E-state index contributed by atoms with van der Waals surface area (Å²) in [6.07, 6.45) is 1.89. The highest BCUT2D eigenvalue weighted by Gasteiger charge is 2.19. The van der Waals surface area contributed by atoms with Gasteiger partial charge in [0.15, 0.2) is 11.5 Å². The zero-order valence-corrected chi connectivity index (χ0v) is 14.5. The van der Waals surface area contributed by atoms with E-state index in [1.54, 1.807) is 0 Å². The number of benzene rings is 1. The quantitative estimate of drug-likeness (QED) is 0.692. The van der Waals surface area contributed by atoms with E-state index in [0.29, 0.717) is 24.7 Å². The van der Waals surface area contributed by atoms with Crippen LogP contribution in [0.2, 0.25) is 0 Å². The molecular weight excluding hydrogens is 336 g/mol. The number of carbonyl (C=O) groups is 1. The molecule has 1 amide bonds. The van der Waals surface area contributed by atoms with E-state index in [1.807, 2.05) is 0 Å². The van der Waals surface area contributed by atoms with Gasteiger partial charge in [-0.2, -0.15) is 0 Å². The second-order valence-corrected chi connectivity index (χ2v) is 7.05. The average Bonchev–Trinajstić information content (AvgIpc) is 3.11. The molecule has 2 N–H and O–H groups in total. The first-order chi connectivity index (χ1) is 11.5. The number of rotatable bonds is 8. The van der Waals surface area contributed by atoms with Gasteiger partial charge in [0.25, 0.3) is 0 Å². The highest BCUT2D eigenvalue weighted by molar-refractivity contribution is 7.89. The lowest BCUT2D eigenvalue weighted by Gasteiger charge is -2.12. The lowest BCUT2D eigenvalue weighted by molar-refractivity contribution is -0.120. The van der Waals surface area contributed by atoms with Gasteiger partial charge in [0.2, 0.25) is 15.9 Å². The van der Waals surface area contributed by atoms with E-state index in [0.717, 1.165) is 12.8 Å². The minimum atomic E-state index is -3.83. The standard InChI is InChI=1S/C15H22N2O6S/c1-21-13-6-5-12(8-14(13)22-2)24(19,20)17-10-15(18)16-9-11-4-3-7-23-11/h5-6,8,11,17H,3-4,7,9-10H2,1-2H3,(H,16,18)/t11-/m0/s1. The van der Waals surface area contributed by atoms with E-state index in [9.17, 15) is 13.2 Å². The summed E-state index contributed by atoms with van der Waals surface area (Å²) in [5.74, 6) is 0.309. The van der Waals surface area contributed by atoms with Crippen LogP contribution in [0.4, 0.5) is 0 Å². The van der Waals surface area contributed by atoms with Crippen molar-refractivity contribution in [2.75, 3.05) is 33.9 Å². The van der Waals surface area contributed by atoms with E-state index in [2.05, 4.69) is 10.0 Å². The number of carbonyl (C=O) groups excluding carboxylic acids is 1. The molecule has 1 aromatic carbocycles. The van der Waals surface area contributed by atoms with Crippen molar-refractivity contribution in [1.29, 1.82) is 0 Å². The van der Waals surface area contributed by atoms with Crippen molar-refractivity contribution in [1.82, 2.24) is 10.0 Å². The molecule has 1 fully saturated rings. The molecular formula is C15H22N2O6S. The van der Waals surface area contributed by atoms with Crippen molar-refractivity contribution in [2.45, 2.75) is 23.8 Å². The Kier molecular flexibility index (Phi) is 6.41. The predicted molar refractivity (Wildman–Crippen MR) is 86.7 cm³/mol. The fraction of sp³-hybridized carbons (Fsp3) is 0.533. The van der Waals surface area contributed by atoms with E-state index in [4.69, 9.17) is 14.2 Å². The van der Waals surface area contributed by atoms with Crippen LogP contribution < -0.4 is 19.5 Å². The molecule has 9 heteroatoms. The predicted octanol–water partition coefficient (Wildman–Crippen LogP) is 0.277. The van der Waals surface area contributed by atoms with Gasteiger partial charge in [-0.15, -0.1) is 0 Å². The molecule has 0 unspecified atom stereocenters. The summed E-state index contributed by atoms with van der Waals surface area (Å²) in [5.41, 5.74) is 0. The Bertz CT molecular complexity index is 671. The van der Waals surface area contributed by atoms with Crippen LogP contribution in [0, 0.1) is 0 Å². The third kappa shape index (κ3) is 4.83. The van der Waals surface area contributed by atoms with Crippen molar-refractivity contribution >= 4 is 15.9 Å². The molecule has 0 spiro atoms. The molecule has 0 radical (unpaired) electrons. The van der Waals surface area contributed by atoms with Crippen LogP contribution >= 0.6 is 0 Å². The summed E-state index contributed by atoms with van der Waals surface area (Å²) in [6, 6.07) is 4.21. The highest BCUT2D eigenvalue weighted by atomic mass is 32.2. The summed E-state index contributed by atoms with van der Waals surface area (Å²) >= 11 is 0. The van der Waals surface area contributed by atoms with Crippen LogP contribution in [-0.4, -0.2) is 54.3 Å². The zero-order valence-electron chi connectivity index (χ0n) is 13.7. The van der Waals surface area contributed by atoms with Gasteiger partial charge in [-0.25, -0.2) is 13.1 Å². The van der Waals surface area contributed by atoms with E-state index < -0.39 is 15.9 Å². The molecule has 2 rings (SSSR count). The van der Waals surface area contributed by atoms with Crippen LogP contribution in [0.15, 0.2) is 23.1 Å². The minimum Gasteiger partial charge on any atom is -0.493 e. The maximum atomic E-state index is 12.3. The second kappa shape index (κ2) is 8.32. The Morgan fingerprint density at radius 1 is 1.29 bits per heavy atom. The topological polar surface area (TPSA) is 103 Å². The molecule has 0 aliphatic carbocycles. The van der Waals surface area contributed by atoms with Gasteiger partial charge in [-0.3, -0.25) is 4.79 Å². The molecule has 1 aliphatic rings. The van der Waals surface area contributed by atoms with Gasteiger partial charge in [-0.05, 0) is 25.0 Å². The Hall–Kier alpha value is -1.84. The summed E-state index contributed by atoms with van der Waals surface area (Å²) in [4.78, 5) is 11.8.